The van der Waals surface area contributed by atoms with Gasteiger partial charge in [-0.15, -0.1) is 0 Å². The Labute approximate surface area is 136 Å². The van der Waals surface area contributed by atoms with Gasteiger partial charge in [-0.1, -0.05) is 23.2 Å². The Hall–Kier alpha value is -1.07. The standard InChI is InChI=1S/C16H24ClN3O2/c17-15-10-13(22-19-15)6-7-16(21)18-11-12-4-3-9-20-8-2-1-5-14(12)20/h10,12,14H,1-9,11H2,(H,18,21). The summed E-state index contributed by atoms with van der Waals surface area (Å²) in [4.78, 5) is 14.6. The van der Waals surface area contributed by atoms with E-state index in [9.17, 15) is 4.79 Å². The van der Waals surface area contributed by atoms with Crippen LogP contribution in [0, 0.1) is 5.92 Å². The average Bonchev–Trinajstić information content (AvgIpc) is 2.96. The van der Waals surface area contributed by atoms with E-state index in [2.05, 4.69) is 15.4 Å². The summed E-state index contributed by atoms with van der Waals surface area (Å²) in [5, 5.41) is 7.06. The second-order valence-electron chi connectivity index (χ2n) is 6.42. The number of fused-ring (bicyclic) bond motifs is 1. The van der Waals surface area contributed by atoms with E-state index in [0.717, 1.165) is 6.54 Å². The predicted molar refractivity (Wildman–Crippen MR) is 84.8 cm³/mol. The maximum atomic E-state index is 12.0. The van der Waals surface area contributed by atoms with E-state index in [1.54, 1.807) is 6.07 Å². The number of carbonyl (C=O) groups is 1. The number of rotatable bonds is 5. The number of aromatic nitrogens is 1. The van der Waals surface area contributed by atoms with Gasteiger partial charge in [-0.05, 0) is 44.7 Å². The summed E-state index contributed by atoms with van der Waals surface area (Å²) in [6.45, 7) is 3.28. The smallest absolute Gasteiger partial charge is 0.220 e. The molecule has 1 amide bonds. The number of hydrogen-bond acceptors (Lipinski definition) is 4. The highest BCUT2D eigenvalue weighted by molar-refractivity contribution is 6.29. The van der Waals surface area contributed by atoms with Gasteiger partial charge in [0.1, 0.15) is 5.76 Å². The van der Waals surface area contributed by atoms with Crippen molar-refractivity contribution >= 4 is 17.5 Å². The van der Waals surface area contributed by atoms with E-state index in [1.807, 2.05) is 0 Å². The Morgan fingerprint density at radius 1 is 1.36 bits per heavy atom. The van der Waals surface area contributed by atoms with Crippen molar-refractivity contribution in [2.75, 3.05) is 19.6 Å². The Kier molecular flexibility index (Phi) is 5.37. The van der Waals surface area contributed by atoms with Gasteiger partial charge in [0.15, 0.2) is 5.15 Å². The molecule has 3 rings (SSSR count). The van der Waals surface area contributed by atoms with E-state index in [4.69, 9.17) is 16.1 Å². The fourth-order valence-electron chi connectivity index (χ4n) is 3.79. The minimum absolute atomic E-state index is 0.0838. The van der Waals surface area contributed by atoms with Gasteiger partial charge in [0.05, 0.1) is 0 Å². The van der Waals surface area contributed by atoms with E-state index in [-0.39, 0.29) is 5.91 Å². The molecule has 2 aliphatic heterocycles. The van der Waals surface area contributed by atoms with E-state index in [0.29, 0.717) is 35.7 Å². The number of piperidine rings is 2. The lowest BCUT2D eigenvalue weighted by Gasteiger charge is -2.44. The van der Waals surface area contributed by atoms with Gasteiger partial charge in [-0.25, -0.2) is 0 Å². The van der Waals surface area contributed by atoms with Gasteiger partial charge >= 0.3 is 0 Å². The first-order valence-electron chi connectivity index (χ1n) is 8.34. The summed E-state index contributed by atoms with van der Waals surface area (Å²) in [5.74, 6) is 1.36. The number of nitrogens with one attached hydrogen (secondary N) is 1. The summed E-state index contributed by atoms with van der Waals surface area (Å²) in [7, 11) is 0. The molecule has 1 N–H and O–H groups in total. The van der Waals surface area contributed by atoms with Crippen molar-refractivity contribution in [3.8, 4) is 0 Å². The van der Waals surface area contributed by atoms with Crippen LogP contribution in [-0.4, -0.2) is 41.6 Å². The first-order chi connectivity index (χ1) is 10.7. The van der Waals surface area contributed by atoms with Crippen LogP contribution in [0.1, 0.15) is 44.3 Å². The van der Waals surface area contributed by atoms with Crippen molar-refractivity contribution in [2.24, 2.45) is 5.92 Å². The number of carbonyl (C=O) groups excluding carboxylic acids is 1. The monoisotopic (exact) mass is 325 g/mol. The molecule has 2 fully saturated rings. The van der Waals surface area contributed by atoms with Crippen LogP contribution in [0.3, 0.4) is 0 Å². The second kappa shape index (κ2) is 7.47. The third-order valence-electron chi connectivity index (χ3n) is 4.92. The SMILES string of the molecule is O=C(CCc1cc(Cl)no1)NCC1CCCN2CCCCC12. The third-order valence-corrected chi connectivity index (χ3v) is 5.10. The highest BCUT2D eigenvalue weighted by Gasteiger charge is 2.32. The van der Waals surface area contributed by atoms with Crippen molar-refractivity contribution in [2.45, 2.75) is 51.0 Å². The lowest BCUT2D eigenvalue weighted by molar-refractivity contribution is -0.121. The number of nitrogens with zero attached hydrogens (tertiary/aromatic N) is 2. The summed E-state index contributed by atoms with van der Waals surface area (Å²) in [5.41, 5.74) is 0. The van der Waals surface area contributed by atoms with Gasteiger partial charge in [0.25, 0.3) is 0 Å². The summed E-state index contributed by atoms with van der Waals surface area (Å²) >= 11 is 5.69. The molecule has 1 aromatic rings. The third kappa shape index (κ3) is 4.02. The van der Waals surface area contributed by atoms with E-state index in [1.165, 1.54) is 45.2 Å². The van der Waals surface area contributed by atoms with Crippen LogP contribution in [0.2, 0.25) is 5.15 Å². The van der Waals surface area contributed by atoms with Crippen LogP contribution in [0.4, 0.5) is 0 Å². The van der Waals surface area contributed by atoms with Gasteiger partial charge in [-0.2, -0.15) is 0 Å². The van der Waals surface area contributed by atoms with Crippen molar-refractivity contribution in [3.63, 3.8) is 0 Å². The Balaban J connectivity index is 1.42. The number of amides is 1. The molecule has 0 bridgehead atoms. The maximum absolute atomic E-state index is 12.0. The zero-order chi connectivity index (χ0) is 15.4. The fourth-order valence-corrected chi connectivity index (χ4v) is 3.95. The predicted octanol–water partition coefficient (Wildman–Crippen LogP) is 2.64. The van der Waals surface area contributed by atoms with Gasteiger partial charge in [0.2, 0.25) is 5.91 Å². The van der Waals surface area contributed by atoms with Gasteiger partial charge in [-0.3, -0.25) is 4.79 Å². The highest BCUT2D eigenvalue weighted by atomic mass is 35.5. The van der Waals surface area contributed by atoms with Crippen molar-refractivity contribution in [1.82, 2.24) is 15.4 Å². The van der Waals surface area contributed by atoms with Crippen LogP contribution < -0.4 is 5.32 Å². The Morgan fingerprint density at radius 2 is 2.23 bits per heavy atom. The molecule has 0 saturated carbocycles. The van der Waals surface area contributed by atoms with Crippen LogP contribution in [0.25, 0.3) is 0 Å². The molecule has 2 saturated heterocycles. The lowest BCUT2D eigenvalue weighted by Crippen LogP contribution is -2.51. The zero-order valence-electron chi connectivity index (χ0n) is 12.9. The highest BCUT2D eigenvalue weighted by Crippen LogP contribution is 2.30. The van der Waals surface area contributed by atoms with Crippen LogP contribution in [0.15, 0.2) is 10.6 Å². The summed E-state index contributed by atoms with van der Waals surface area (Å²) in [6.07, 6.45) is 7.41. The largest absolute Gasteiger partial charge is 0.360 e. The summed E-state index contributed by atoms with van der Waals surface area (Å²) in [6, 6.07) is 2.34. The number of aryl methyl sites for hydroxylation is 1. The molecular weight excluding hydrogens is 302 g/mol. The minimum Gasteiger partial charge on any atom is -0.360 e. The fraction of sp³-hybridized carbons (Fsp3) is 0.750. The first-order valence-corrected chi connectivity index (χ1v) is 8.72. The molecule has 5 nitrogen and oxygen atoms in total. The second-order valence-corrected chi connectivity index (χ2v) is 6.81. The lowest BCUT2D eigenvalue weighted by atomic mass is 9.83. The molecule has 0 radical (unpaired) electrons. The van der Waals surface area contributed by atoms with Crippen molar-refractivity contribution < 1.29 is 9.32 Å². The van der Waals surface area contributed by atoms with Crippen molar-refractivity contribution in [1.29, 1.82) is 0 Å². The molecule has 6 heteroatoms. The number of halogens is 1. The van der Waals surface area contributed by atoms with Gasteiger partial charge in [0, 0.05) is 31.5 Å². The molecule has 0 aliphatic carbocycles. The summed E-state index contributed by atoms with van der Waals surface area (Å²) < 4.78 is 5.01. The van der Waals surface area contributed by atoms with E-state index >= 15 is 0 Å². The molecule has 2 atom stereocenters. The first kappa shape index (κ1) is 15.8. The van der Waals surface area contributed by atoms with Crippen LogP contribution >= 0.6 is 11.6 Å². The van der Waals surface area contributed by atoms with Crippen LogP contribution in [-0.2, 0) is 11.2 Å². The Morgan fingerprint density at radius 3 is 3.05 bits per heavy atom. The quantitative estimate of drug-likeness (QED) is 0.904. The average molecular weight is 326 g/mol. The molecule has 2 unspecified atom stereocenters. The molecule has 0 spiro atoms. The van der Waals surface area contributed by atoms with E-state index < -0.39 is 0 Å². The molecule has 3 heterocycles. The topological polar surface area (TPSA) is 58.4 Å². The molecule has 122 valence electrons. The molecule has 2 aliphatic rings. The van der Waals surface area contributed by atoms with Gasteiger partial charge < -0.3 is 14.7 Å². The maximum Gasteiger partial charge on any atom is 0.220 e. The molecule has 1 aromatic heterocycles. The molecule has 22 heavy (non-hydrogen) atoms. The molecule has 0 aromatic carbocycles. The Bertz CT molecular complexity index is 503. The van der Waals surface area contributed by atoms with Crippen LogP contribution in [0.5, 0.6) is 0 Å². The number of hydrogen-bond donors (Lipinski definition) is 1. The zero-order valence-corrected chi connectivity index (χ0v) is 13.6. The molecular formula is C16H24ClN3O2. The normalized spacial score (nSPS) is 25.7. The minimum atomic E-state index is 0.0838. The van der Waals surface area contributed by atoms with Crippen molar-refractivity contribution in [3.05, 3.63) is 17.0 Å².